The molecule has 0 aliphatic heterocycles. The molecule has 0 spiro atoms. The van der Waals surface area contributed by atoms with Crippen LogP contribution in [0.15, 0.2) is 18.5 Å². The highest BCUT2D eigenvalue weighted by molar-refractivity contribution is 5.32. The molecule has 2 aromatic heterocycles. The van der Waals surface area contributed by atoms with Gasteiger partial charge >= 0.3 is 0 Å². The molecule has 0 bridgehead atoms. The van der Waals surface area contributed by atoms with E-state index in [1.54, 1.807) is 12.4 Å². The normalized spacial score (nSPS) is 12.6. The predicted octanol–water partition coefficient (Wildman–Crippen LogP) is 1.99. The Morgan fingerprint density at radius 1 is 1.26 bits per heavy atom. The maximum Gasteiger partial charge on any atom is 0.250 e. The van der Waals surface area contributed by atoms with Crippen molar-refractivity contribution < 1.29 is 0 Å². The van der Waals surface area contributed by atoms with Crippen molar-refractivity contribution in [1.82, 2.24) is 25.1 Å². The first-order valence-electron chi connectivity index (χ1n) is 6.69. The standard InChI is InChI=1S/C14H21N5/c1-5-15-9-10(2)13-11(3)18-19(12(13)4)14-16-7-6-8-17-14/h6-8,10,15H,5,9H2,1-4H3. The lowest BCUT2D eigenvalue weighted by atomic mass is 9.99. The van der Waals surface area contributed by atoms with Crippen molar-refractivity contribution in [2.75, 3.05) is 13.1 Å². The zero-order chi connectivity index (χ0) is 13.8. The molecule has 2 aromatic rings. The van der Waals surface area contributed by atoms with Gasteiger partial charge in [0, 0.05) is 30.2 Å². The molecular formula is C14H21N5. The Labute approximate surface area is 114 Å². The lowest BCUT2D eigenvalue weighted by Gasteiger charge is -2.12. The molecule has 0 aliphatic rings. The van der Waals surface area contributed by atoms with Gasteiger partial charge in [-0.05, 0) is 32.4 Å². The Bertz CT molecular complexity index is 532. The van der Waals surface area contributed by atoms with Gasteiger partial charge in [0.05, 0.1) is 5.69 Å². The fourth-order valence-corrected chi connectivity index (χ4v) is 2.43. The van der Waals surface area contributed by atoms with Crippen LogP contribution in [0.3, 0.4) is 0 Å². The van der Waals surface area contributed by atoms with Crippen molar-refractivity contribution in [3.63, 3.8) is 0 Å². The second kappa shape index (κ2) is 5.93. The second-order valence-electron chi connectivity index (χ2n) is 4.75. The zero-order valence-electron chi connectivity index (χ0n) is 12.0. The van der Waals surface area contributed by atoms with E-state index >= 15 is 0 Å². The largest absolute Gasteiger partial charge is 0.316 e. The molecule has 2 heterocycles. The minimum absolute atomic E-state index is 0.428. The Morgan fingerprint density at radius 2 is 1.95 bits per heavy atom. The van der Waals surface area contributed by atoms with E-state index < -0.39 is 0 Å². The van der Waals surface area contributed by atoms with Gasteiger partial charge < -0.3 is 5.32 Å². The van der Waals surface area contributed by atoms with E-state index in [9.17, 15) is 0 Å². The van der Waals surface area contributed by atoms with Gasteiger partial charge in [0.1, 0.15) is 0 Å². The maximum atomic E-state index is 4.57. The summed E-state index contributed by atoms with van der Waals surface area (Å²) in [5, 5.41) is 7.96. The second-order valence-corrected chi connectivity index (χ2v) is 4.75. The number of likely N-dealkylation sites (N-methyl/N-ethyl adjacent to an activating group) is 1. The van der Waals surface area contributed by atoms with Gasteiger partial charge in [-0.1, -0.05) is 13.8 Å². The molecule has 0 amide bonds. The highest BCUT2D eigenvalue weighted by Gasteiger charge is 2.18. The first kappa shape index (κ1) is 13.7. The summed E-state index contributed by atoms with van der Waals surface area (Å²) in [7, 11) is 0. The number of hydrogen-bond acceptors (Lipinski definition) is 4. The van der Waals surface area contributed by atoms with E-state index in [1.165, 1.54) is 5.56 Å². The van der Waals surface area contributed by atoms with Crippen LogP contribution in [0, 0.1) is 13.8 Å². The molecule has 19 heavy (non-hydrogen) atoms. The summed E-state index contributed by atoms with van der Waals surface area (Å²) < 4.78 is 1.83. The van der Waals surface area contributed by atoms with E-state index in [0.717, 1.165) is 24.5 Å². The fraction of sp³-hybridized carbons (Fsp3) is 0.500. The van der Waals surface area contributed by atoms with Crippen molar-refractivity contribution in [3.05, 3.63) is 35.4 Å². The van der Waals surface area contributed by atoms with Gasteiger partial charge in [-0.3, -0.25) is 0 Å². The molecule has 1 atom stereocenters. The topological polar surface area (TPSA) is 55.6 Å². The smallest absolute Gasteiger partial charge is 0.250 e. The third kappa shape index (κ3) is 2.81. The first-order chi connectivity index (χ1) is 9.15. The number of nitrogens with zero attached hydrogens (tertiary/aromatic N) is 4. The van der Waals surface area contributed by atoms with E-state index in [0.29, 0.717) is 11.9 Å². The van der Waals surface area contributed by atoms with Crippen LogP contribution in [0.25, 0.3) is 5.95 Å². The zero-order valence-corrected chi connectivity index (χ0v) is 12.0. The van der Waals surface area contributed by atoms with Gasteiger partial charge in [0.15, 0.2) is 0 Å². The molecule has 0 radical (unpaired) electrons. The number of hydrogen-bond donors (Lipinski definition) is 1. The number of rotatable bonds is 5. The van der Waals surface area contributed by atoms with Crippen molar-refractivity contribution in [2.24, 2.45) is 0 Å². The molecule has 5 heteroatoms. The van der Waals surface area contributed by atoms with Crippen LogP contribution < -0.4 is 5.32 Å². The van der Waals surface area contributed by atoms with E-state index in [1.807, 2.05) is 17.7 Å². The SMILES string of the molecule is CCNCC(C)c1c(C)nn(-c2ncccn2)c1C. The lowest BCUT2D eigenvalue weighted by molar-refractivity contribution is 0.629. The highest BCUT2D eigenvalue weighted by atomic mass is 15.4. The summed E-state index contributed by atoms with van der Waals surface area (Å²) in [5.74, 6) is 1.06. The van der Waals surface area contributed by atoms with Crippen LogP contribution in [-0.2, 0) is 0 Å². The molecule has 5 nitrogen and oxygen atoms in total. The monoisotopic (exact) mass is 259 g/mol. The van der Waals surface area contributed by atoms with Crippen molar-refractivity contribution in [2.45, 2.75) is 33.6 Å². The minimum Gasteiger partial charge on any atom is -0.316 e. The molecule has 2 rings (SSSR count). The number of aromatic nitrogens is 4. The summed E-state index contributed by atoms with van der Waals surface area (Å²) in [4.78, 5) is 8.52. The van der Waals surface area contributed by atoms with Crippen LogP contribution in [0.2, 0.25) is 0 Å². The lowest BCUT2D eigenvalue weighted by Crippen LogP contribution is -2.20. The van der Waals surface area contributed by atoms with Gasteiger partial charge in [0.2, 0.25) is 0 Å². The minimum atomic E-state index is 0.428. The molecular weight excluding hydrogens is 238 g/mol. The summed E-state index contributed by atoms with van der Waals surface area (Å²) in [6, 6.07) is 1.81. The molecule has 1 N–H and O–H groups in total. The Hall–Kier alpha value is -1.75. The summed E-state index contributed by atoms with van der Waals surface area (Å²) >= 11 is 0. The van der Waals surface area contributed by atoms with E-state index in [2.05, 4.69) is 41.2 Å². The molecule has 102 valence electrons. The highest BCUT2D eigenvalue weighted by Crippen LogP contribution is 2.23. The summed E-state index contributed by atoms with van der Waals surface area (Å²) in [6.07, 6.45) is 3.47. The third-order valence-electron chi connectivity index (χ3n) is 3.28. The molecule has 0 saturated carbocycles. The summed E-state index contributed by atoms with van der Waals surface area (Å²) in [6.45, 7) is 10.4. The third-order valence-corrected chi connectivity index (χ3v) is 3.28. The van der Waals surface area contributed by atoms with Crippen molar-refractivity contribution in [3.8, 4) is 5.95 Å². The number of nitrogens with one attached hydrogen (secondary N) is 1. The molecule has 0 aromatic carbocycles. The van der Waals surface area contributed by atoms with Crippen LogP contribution in [0.1, 0.15) is 36.7 Å². The van der Waals surface area contributed by atoms with Crippen molar-refractivity contribution in [1.29, 1.82) is 0 Å². The summed E-state index contributed by atoms with van der Waals surface area (Å²) in [5.41, 5.74) is 3.46. The van der Waals surface area contributed by atoms with E-state index in [4.69, 9.17) is 0 Å². The van der Waals surface area contributed by atoms with Crippen LogP contribution in [0.4, 0.5) is 0 Å². The average molecular weight is 259 g/mol. The Morgan fingerprint density at radius 3 is 2.58 bits per heavy atom. The van der Waals surface area contributed by atoms with Gasteiger partial charge in [-0.25, -0.2) is 14.6 Å². The van der Waals surface area contributed by atoms with Crippen molar-refractivity contribution >= 4 is 0 Å². The predicted molar refractivity (Wildman–Crippen MR) is 75.6 cm³/mol. The fourth-order valence-electron chi connectivity index (χ4n) is 2.43. The van der Waals surface area contributed by atoms with Gasteiger partial charge in [-0.2, -0.15) is 5.10 Å². The Balaban J connectivity index is 2.35. The van der Waals surface area contributed by atoms with Gasteiger partial charge in [0.25, 0.3) is 5.95 Å². The van der Waals surface area contributed by atoms with Crippen LogP contribution in [-0.4, -0.2) is 32.8 Å². The maximum absolute atomic E-state index is 4.57. The molecule has 1 unspecified atom stereocenters. The van der Waals surface area contributed by atoms with Crippen LogP contribution >= 0.6 is 0 Å². The quantitative estimate of drug-likeness (QED) is 0.892. The average Bonchev–Trinajstić information content (AvgIpc) is 2.72. The van der Waals surface area contributed by atoms with E-state index in [-0.39, 0.29) is 0 Å². The van der Waals surface area contributed by atoms with Gasteiger partial charge in [-0.15, -0.1) is 0 Å². The molecule has 0 fully saturated rings. The molecule has 0 aliphatic carbocycles. The Kier molecular flexibility index (Phi) is 4.27. The first-order valence-corrected chi connectivity index (χ1v) is 6.69. The molecule has 0 saturated heterocycles. The number of aryl methyl sites for hydroxylation is 1. The van der Waals surface area contributed by atoms with Crippen LogP contribution in [0.5, 0.6) is 0 Å².